The Kier molecular flexibility index (Phi) is 7.49. The predicted molar refractivity (Wildman–Crippen MR) is 117 cm³/mol. The van der Waals surface area contributed by atoms with Gasteiger partial charge in [0.1, 0.15) is 0 Å². The molecule has 164 valence electrons. The summed E-state index contributed by atoms with van der Waals surface area (Å²) in [6.45, 7) is 9.01. The lowest BCUT2D eigenvalue weighted by molar-refractivity contribution is 0.372. The lowest BCUT2D eigenvalue weighted by atomic mass is 10.1. The molecule has 0 bridgehead atoms. The number of sulfonamides is 1. The predicted octanol–water partition coefficient (Wildman–Crippen LogP) is 2.84. The van der Waals surface area contributed by atoms with E-state index in [1.807, 2.05) is 25.1 Å². The van der Waals surface area contributed by atoms with Gasteiger partial charge in [-0.1, -0.05) is 31.1 Å². The van der Waals surface area contributed by atoms with Crippen molar-refractivity contribution in [1.29, 1.82) is 0 Å². The van der Waals surface area contributed by atoms with Gasteiger partial charge >= 0.3 is 0 Å². The van der Waals surface area contributed by atoms with Crippen LogP contribution in [-0.2, 0) is 23.1 Å². The molecule has 30 heavy (non-hydrogen) atoms. The molecule has 0 spiro atoms. The fourth-order valence-corrected chi connectivity index (χ4v) is 4.73. The Bertz CT molecular complexity index is 945. The number of nitrogens with one attached hydrogen (secondary N) is 2. The number of rotatable bonds is 8. The van der Waals surface area contributed by atoms with E-state index in [1.54, 1.807) is 16.4 Å². The van der Waals surface area contributed by atoms with Crippen molar-refractivity contribution in [2.45, 2.75) is 57.5 Å². The molecule has 1 aromatic carbocycles. The first-order valence-electron chi connectivity index (χ1n) is 10.5. The summed E-state index contributed by atoms with van der Waals surface area (Å²) < 4.78 is 32.2. The van der Waals surface area contributed by atoms with Gasteiger partial charge in [-0.2, -0.15) is 4.31 Å². The van der Waals surface area contributed by atoms with E-state index in [-0.39, 0.29) is 0 Å². The second-order valence-corrected chi connectivity index (χ2v) is 9.61. The maximum Gasteiger partial charge on any atom is 0.243 e. The molecule has 8 nitrogen and oxygen atoms in total. The summed E-state index contributed by atoms with van der Waals surface area (Å²) in [5.41, 5.74) is 1.87. The van der Waals surface area contributed by atoms with Crippen LogP contribution in [0.5, 0.6) is 0 Å². The van der Waals surface area contributed by atoms with E-state index in [0.717, 1.165) is 36.4 Å². The Hall–Kier alpha value is -2.39. The second kappa shape index (κ2) is 10.1. The molecule has 1 saturated heterocycles. The highest BCUT2D eigenvalue weighted by Gasteiger charge is 2.26. The van der Waals surface area contributed by atoms with Gasteiger partial charge in [-0.15, -0.1) is 0 Å². The number of aliphatic imine (C=N–C) groups is 1. The Morgan fingerprint density at radius 2 is 1.90 bits per heavy atom. The smallest absolute Gasteiger partial charge is 0.243 e. The quantitative estimate of drug-likeness (QED) is 0.491. The first-order valence-corrected chi connectivity index (χ1v) is 11.9. The minimum atomic E-state index is -3.38. The van der Waals surface area contributed by atoms with Crippen LogP contribution in [0, 0.1) is 0 Å². The molecular formula is C21H31N5O3S. The van der Waals surface area contributed by atoms with Gasteiger partial charge in [-0.3, -0.25) is 0 Å². The monoisotopic (exact) mass is 433 g/mol. The summed E-state index contributed by atoms with van der Waals surface area (Å²) in [6, 6.07) is 8.92. The van der Waals surface area contributed by atoms with Gasteiger partial charge in [0.2, 0.25) is 10.0 Å². The minimum absolute atomic E-state index is 0.321. The van der Waals surface area contributed by atoms with E-state index in [0.29, 0.717) is 43.0 Å². The number of hydrogen-bond acceptors (Lipinski definition) is 5. The van der Waals surface area contributed by atoms with E-state index in [2.05, 4.69) is 34.6 Å². The average molecular weight is 434 g/mol. The zero-order chi connectivity index (χ0) is 21.6. The van der Waals surface area contributed by atoms with E-state index in [4.69, 9.17) is 4.52 Å². The van der Waals surface area contributed by atoms with Crippen molar-refractivity contribution in [3.63, 3.8) is 0 Å². The molecule has 2 N–H and O–H groups in total. The van der Waals surface area contributed by atoms with Crippen LogP contribution < -0.4 is 10.6 Å². The molecule has 1 aliphatic heterocycles. The summed E-state index contributed by atoms with van der Waals surface area (Å²) in [5.74, 6) is 1.73. The molecule has 0 amide bonds. The third-order valence-corrected chi connectivity index (χ3v) is 6.90. The van der Waals surface area contributed by atoms with E-state index < -0.39 is 10.0 Å². The zero-order valence-electron chi connectivity index (χ0n) is 17.9. The van der Waals surface area contributed by atoms with Crippen LogP contribution in [0.4, 0.5) is 0 Å². The summed E-state index contributed by atoms with van der Waals surface area (Å²) in [4.78, 5) is 4.92. The summed E-state index contributed by atoms with van der Waals surface area (Å²) >= 11 is 0. The van der Waals surface area contributed by atoms with Gasteiger partial charge in [-0.05, 0) is 43.4 Å². The van der Waals surface area contributed by atoms with Crippen molar-refractivity contribution in [3.05, 3.63) is 47.3 Å². The van der Waals surface area contributed by atoms with Crippen molar-refractivity contribution in [3.8, 4) is 0 Å². The number of aromatic nitrogens is 1. The molecule has 0 unspecified atom stereocenters. The molecular weight excluding hydrogens is 402 g/mol. The molecule has 3 rings (SSSR count). The fraction of sp³-hybridized carbons (Fsp3) is 0.524. The fourth-order valence-electron chi connectivity index (χ4n) is 3.21. The van der Waals surface area contributed by atoms with Gasteiger partial charge in [0.05, 0.1) is 23.7 Å². The maximum atomic E-state index is 12.6. The van der Waals surface area contributed by atoms with Crippen LogP contribution >= 0.6 is 0 Å². The molecule has 0 saturated carbocycles. The largest absolute Gasteiger partial charge is 0.359 e. The van der Waals surface area contributed by atoms with Crippen LogP contribution in [-0.4, -0.2) is 43.5 Å². The highest BCUT2D eigenvalue weighted by atomic mass is 32.2. The van der Waals surface area contributed by atoms with Gasteiger partial charge in [0.25, 0.3) is 0 Å². The van der Waals surface area contributed by atoms with Crippen LogP contribution in [0.2, 0.25) is 0 Å². The molecule has 0 radical (unpaired) electrons. The normalized spacial score (nSPS) is 15.7. The topological polar surface area (TPSA) is 99.8 Å². The number of benzene rings is 1. The summed E-state index contributed by atoms with van der Waals surface area (Å²) in [6.07, 6.45) is 1.86. The van der Waals surface area contributed by atoms with Crippen molar-refractivity contribution in [2.24, 2.45) is 4.99 Å². The van der Waals surface area contributed by atoms with Crippen molar-refractivity contribution in [1.82, 2.24) is 20.1 Å². The average Bonchev–Trinajstić information content (AvgIpc) is 3.43. The van der Waals surface area contributed by atoms with Crippen LogP contribution in [0.1, 0.15) is 56.5 Å². The molecule has 2 aromatic rings. The Labute approximate surface area is 178 Å². The third-order valence-electron chi connectivity index (χ3n) is 4.99. The lowest BCUT2D eigenvalue weighted by Gasteiger charge is -2.15. The zero-order valence-corrected chi connectivity index (χ0v) is 18.7. The third kappa shape index (κ3) is 5.60. The van der Waals surface area contributed by atoms with Crippen LogP contribution in [0.25, 0.3) is 0 Å². The molecule has 1 fully saturated rings. The number of hydrogen-bond donors (Lipinski definition) is 2. The molecule has 2 heterocycles. The molecule has 9 heteroatoms. The van der Waals surface area contributed by atoms with Crippen LogP contribution in [0.15, 0.2) is 44.7 Å². The number of guanidine groups is 1. The Morgan fingerprint density at radius 1 is 1.20 bits per heavy atom. The maximum absolute atomic E-state index is 12.6. The van der Waals surface area contributed by atoms with E-state index >= 15 is 0 Å². The SMILES string of the molecule is CCNC(=NCc1ccc(S(=O)(=O)N2CCCC2)cc1)NCc1cc(C(C)C)no1. The first-order chi connectivity index (χ1) is 14.4. The van der Waals surface area contributed by atoms with Gasteiger partial charge < -0.3 is 15.2 Å². The molecule has 0 aliphatic carbocycles. The van der Waals surface area contributed by atoms with Crippen molar-refractivity contribution < 1.29 is 12.9 Å². The minimum Gasteiger partial charge on any atom is -0.359 e. The number of nitrogens with zero attached hydrogens (tertiary/aromatic N) is 3. The highest BCUT2D eigenvalue weighted by molar-refractivity contribution is 7.89. The Balaban J connectivity index is 1.61. The lowest BCUT2D eigenvalue weighted by Crippen LogP contribution is -2.36. The first kappa shape index (κ1) is 22.3. The highest BCUT2D eigenvalue weighted by Crippen LogP contribution is 2.21. The van der Waals surface area contributed by atoms with Crippen molar-refractivity contribution in [2.75, 3.05) is 19.6 Å². The standard InChI is InChI=1S/C21H31N5O3S/c1-4-22-21(24-15-18-13-20(16(2)3)25-29-18)23-14-17-7-9-19(10-8-17)30(27,28)26-11-5-6-12-26/h7-10,13,16H,4-6,11-12,14-15H2,1-3H3,(H2,22,23,24). The van der Waals surface area contributed by atoms with Gasteiger partial charge in [0.15, 0.2) is 11.7 Å². The molecule has 1 aromatic heterocycles. The second-order valence-electron chi connectivity index (χ2n) is 7.68. The van der Waals surface area contributed by atoms with E-state index in [1.165, 1.54) is 0 Å². The molecule has 1 aliphatic rings. The summed E-state index contributed by atoms with van der Waals surface area (Å²) in [5, 5.41) is 10.5. The van der Waals surface area contributed by atoms with Gasteiger partial charge in [-0.25, -0.2) is 13.4 Å². The van der Waals surface area contributed by atoms with Gasteiger partial charge in [0, 0.05) is 25.7 Å². The molecule has 0 atom stereocenters. The van der Waals surface area contributed by atoms with Crippen molar-refractivity contribution >= 4 is 16.0 Å². The summed E-state index contributed by atoms with van der Waals surface area (Å²) in [7, 11) is -3.38. The Morgan fingerprint density at radius 3 is 2.50 bits per heavy atom. The van der Waals surface area contributed by atoms with E-state index in [9.17, 15) is 8.42 Å². The van der Waals surface area contributed by atoms with Crippen LogP contribution in [0.3, 0.4) is 0 Å².